The summed E-state index contributed by atoms with van der Waals surface area (Å²) in [6, 6.07) is 0. The van der Waals surface area contributed by atoms with E-state index in [1.807, 2.05) is 0 Å². The minimum atomic E-state index is -4.59. The molecule has 18 heavy (non-hydrogen) atoms. The predicted molar refractivity (Wildman–Crippen MR) is 61.4 cm³/mol. The van der Waals surface area contributed by atoms with Gasteiger partial charge in [-0.1, -0.05) is 12.1 Å². The predicted octanol–water partition coefficient (Wildman–Crippen LogP) is 1.05. The van der Waals surface area contributed by atoms with Crippen LogP contribution in [0.5, 0.6) is 0 Å². The molecule has 0 aromatic heterocycles. The Labute approximate surface area is 104 Å². The lowest BCUT2D eigenvalue weighted by Gasteiger charge is -2.31. The third-order valence-corrected chi connectivity index (χ3v) is 3.04. The molecule has 0 fully saturated rings. The van der Waals surface area contributed by atoms with Crippen molar-refractivity contribution in [2.75, 3.05) is 13.2 Å². The Kier molecular flexibility index (Phi) is 6.41. The number of aliphatic hydroxyl groups is 1. The molecule has 108 valence electrons. The van der Waals surface area contributed by atoms with Gasteiger partial charge < -0.3 is 21.4 Å². The topological polar surface area (TPSA) is 90.9 Å². The number of nitrogens with zero attached hydrogens (tertiary/aromatic N) is 1. The molecule has 0 radical (unpaired) electrons. The van der Waals surface area contributed by atoms with Gasteiger partial charge in [0.05, 0.1) is 0 Å². The standard InChI is InChI=1S/C10H20F3N3O2/c1-3-9(2,4-5-17)15-6-7(8(14)16-18)10(11,12)13/h7,15,17-18H,3-6H2,1-2H3,(H2,14,16). The molecule has 0 amide bonds. The van der Waals surface area contributed by atoms with Crippen LogP contribution < -0.4 is 11.1 Å². The van der Waals surface area contributed by atoms with Crippen molar-refractivity contribution in [1.82, 2.24) is 5.32 Å². The molecule has 0 bridgehead atoms. The van der Waals surface area contributed by atoms with Crippen LogP contribution in [0, 0.1) is 5.92 Å². The number of aliphatic hydroxyl groups excluding tert-OH is 1. The maximum atomic E-state index is 12.7. The molecule has 0 aromatic rings. The van der Waals surface area contributed by atoms with E-state index in [0.29, 0.717) is 12.8 Å². The lowest BCUT2D eigenvalue weighted by Crippen LogP contribution is -2.50. The fourth-order valence-electron chi connectivity index (χ4n) is 1.44. The summed E-state index contributed by atoms with van der Waals surface area (Å²) in [5.74, 6) is -2.93. The normalized spacial score (nSPS) is 18.4. The molecule has 5 N–H and O–H groups in total. The first-order valence-electron chi connectivity index (χ1n) is 5.60. The molecule has 0 aliphatic carbocycles. The molecule has 0 aliphatic heterocycles. The summed E-state index contributed by atoms with van der Waals surface area (Å²) >= 11 is 0. The summed E-state index contributed by atoms with van der Waals surface area (Å²) in [4.78, 5) is 0. The molecule has 0 aliphatic rings. The number of hydrogen-bond donors (Lipinski definition) is 4. The molecule has 0 heterocycles. The zero-order valence-electron chi connectivity index (χ0n) is 10.5. The second-order valence-electron chi connectivity index (χ2n) is 4.39. The van der Waals surface area contributed by atoms with Gasteiger partial charge in [0.2, 0.25) is 0 Å². The van der Waals surface area contributed by atoms with Crippen LogP contribution in [0.4, 0.5) is 13.2 Å². The van der Waals surface area contributed by atoms with Crippen molar-refractivity contribution in [3.05, 3.63) is 0 Å². The van der Waals surface area contributed by atoms with Crippen LogP contribution in [0.15, 0.2) is 5.16 Å². The van der Waals surface area contributed by atoms with Crippen LogP contribution in [0.3, 0.4) is 0 Å². The smallest absolute Gasteiger partial charge is 0.400 e. The summed E-state index contributed by atoms with van der Waals surface area (Å²) in [6.07, 6.45) is -3.71. The number of amidine groups is 1. The number of oxime groups is 1. The zero-order valence-corrected chi connectivity index (χ0v) is 10.5. The van der Waals surface area contributed by atoms with E-state index < -0.39 is 30.0 Å². The molecule has 0 saturated heterocycles. The Morgan fingerprint density at radius 3 is 2.33 bits per heavy atom. The summed E-state index contributed by atoms with van der Waals surface area (Å²) in [5, 5.41) is 22.3. The van der Waals surface area contributed by atoms with E-state index >= 15 is 0 Å². The van der Waals surface area contributed by atoms with Crippen molar-refractivity contribution in [2.45, 2.75) is 38.4 Å². The quantitative estimate of drug-likeness (QED) is 0.241. The Bertz CT molecular complexity index is 284. The third kappa shape index (κ3) is 5.09. The van der Waals surface area contributed by atoms with Gasteiger partial charge in [-0.3, -0.25) is 0 Å². The van der Waals surface area contributed by atoms with Crippen LogP contribution >= 0.6 is 0 Å². The Balaban J connectivity index is 4.72. The van der Waals surface area contributed by atoms with E-state index in [9.17, 15) is 13.2 Å². The Morgan fingerprint density at radius 1 is 1.44 bits per heavy atom. The minimum Gasteiger partial charge on any atom is -0.409 e. The van der Waals surface area contributed by atoms with E-state index in [2.05, 4.69) is 10.5 Å². The van der Waals surface area contributed by atoms with Gasteiger partial charge in [0.25, 0.3) is 0 Å². The monoisotopic (exact) mass is 271 g/mol. The Morgan fingerprint density at radius 2 is 2.00 bits per heavy atom. The second-order valence-corrected chi connectivity index (χ2v) is 4.39. The van der Waals surface area contributed by atoms with Crippen molar-refractivity contribution < 1.29 is 23.5 Å². The zero-order chi connectivity index (χ0) is 14.4. The van der Waals surface area contributed by atoms with Crippen LogP contribution in [0.25, 0.3) is 0 Å². The summed E-state index contributed by atoms with van der Waals surface area (Å²) in [6.45, 7) is 2.89. The van der Waals surface area contributed by atoms with Crippen LogP contribution in [-0.2, 0) is 0 Å². The Hall–Kier alpha value is -1.02. The van der Waals surface area contributed by atoms with Gasteiger partial charge in [-0.05, 0) is 19.8 Å². The molecular weight excluding hydrogens is 251 g/mol. The van der Waals surface area contributed by atoms with E-state index in [1.54, 1.807) is 13.8 Å². The molecule has 0 saturated carbocycles. The maximum Gasteiger partial charge on any atom is 0.400 e. The SMILES string of the molecule is CCC(C)(CCO)NCC(C(N)=NO)C(F)(F)F. The van der Waals surface area contributed by atoms with Gasteiger partial charge in [-0.2, -0.15) is 13.2 Å². The van der Waals surface area contributed by atoms with Crippen LogP contribution in [0.1, 0.15) is 26.7 Å². The highest BCUT2D eigenvalue weighted by molar-refractivity contribution is 5.83. The molecule has 0 aromatic carbocycles. The van der Waals surface area contributed by atoms with Gasteiger partial charge in [-0.15, -0.1) is 0 Å². The molecule has 2 atom stereocenters. The van der Waals surface area contributed by atoms with Crippen molar-refractivity contribution in [3.63, 3.8) is 0 Å². The van der Waals surface area contributed by atoms with Crippen molar-refractivity contribution in [2.24, 2.45) is 16.8 Å². The van der Waals surface area contributed by atoms with E-state index in [1.165, 1.54) is 0 Å². The molecule has 0 spiro atoms. The number of nitrogens with one attached hydrogen (secondary N) is 1. The van der Waals surface area contributed by atoms with Crippen molar-refractivity contribution in [3.8, 4) is 0 Å². The first-order chi connectivity index (χ1) is 8.20. The number of rotatable bonds is 7. The van der Waals surface area contributed by atoms with E-state index in [0.717, 1.165) is 0 Å². The highest BCUT2D eigenvalue weighted by Gasteiger charge is 2.43. The molecule has 0 rings (SSSR count). The van der Waals surface area contributed by atoms with E-state index in [-0.39, 0.29) is 6.61 Å². The minimum absolute atomic E-state index is 0.127. The largest absolute Gasteiger partial charge is 0.409 e. The lowest BCUT2D eigenvalue weighted by atomic mass is 9.93. The summed E-state index contributed by atoms with van der Waals surface area (Å²) < 4.78 is 38.0. The summed E-state index contributed by atoms with van der Waals surface area (Å²) in [5.41, 5.74) is 4.42. The average molecular weight is 271 g/mol. The van der Waals surface area contributed by atoms with Gasteiger partial charge in [0, 0.05) is 18.7 Å². The third-order valence-electron chi connectivity index (χ3n) is 3.04. The van der Waals surface area contributed by atoms with Gasteiger partial charge in [0.1, 0.15) is 5.92 Å². The van der Waals surface area contributed by atoms with Crippen LogP contribution in [0.2, 0.25) is 0 Å². The highest BCUT2D eigenvalue weighted by Crippen LogP contribution is 2.27. The molecule has 8 heteroatoms. The molecule has 2 unspecified atom stereocenters. The molecular formula is C10H20F3N3O2. The number of alkyl halides is 3. The second kappa shape index (κ2) is 6.79. The fraction of sp³-hybridized carbons (Fsp3) is 0.900. The first-order valence-corrected chi connectivity index (χ1v) is 5.60. The van der Waals surface area contributed by atoms with Crippen molar-refractivity contribution in [1.29, 1.82) is 0 Å². The fourth-order valence-corrected chi connectivity index (χ4v) is 1.44. The summed E-state index contributed by atoms with van der Waals surface area (Å²) in [7, 11) is 0. The van der Waals surface area contributed by atoms with Gasteiger partial charge in [0.15, 0.2) is 5.84 Å². The van der Waals surface area contributed by atoms with Crippen molar-refractivity contribution >= 4 is 5.84 Å². The maximum absolute atomic E-state index is 12.7. The number of nitrogens with two attached hydrogens (primary N) is 1. The van der Waals surface area contributed by atoms with Gasteiger partial charge >= 0.3 is 6.18 Å². The number of halogens is 3. The molecule has 5 nitrogen and oxygen atoms in total. The number of hydrogen-bond acceptors (Lipinski definition) is 4. The average Bonchev–Trinajstić information content (AvgIpc) is 2.27. The van der Waals surface area contributed by atoms with Crippen LogP contribution in [-0.4, -0.2) is 41.0 Å². The first kappa shape index (κ1) is 17.0. The van der Waals surface area contributed by atoms with E-state index in [4.69, 9.17) is 16.0 Å². The van der Waals surface area contributed by atoms with Gasteiger partial charge in [-0.25, -0.2) is 0 Å². The lowest BCUT2D eigenvalue weighted by molar-refractivity contribution is -0.155. The highest BCUT2D eigenvalue weighted by atomic mass is 19.4.